The van der Waals surface area contributed by atoms with Crippen LogP contribution < -0.4 is 20.5 Å². The molecule has 12 rings (SSSR count). The lowest BCUT2D eigenvalue weighted by Crippen LogP contribution is -2.06. The lowest BCUT2D eigenvalue weighted by atomic mass is 9.97. The second-order valence-electron chi connectivity index (χ2n) is 17.8. The standard InChI is InChI=1S/C25H27N7O2.C17H15ClN4O2.C8H13N3.CH4/c1-12-21(13(2)34-31-12)17-10-19-16(11-20(17)33-5)22-23(28-19)26-14(3)27-24(22)29-25-15-8-6-7-9-18(15)30-32(25)4;1-7-14(8(2)24-22-7)11-5-12-10(6-13(11)23-4)15-16(18)19-9(3)20-17(15)21-12;1-11-8(9)6-4-2-3-5-7(6)10-11;/h10-11H,6-9H2,1-5H3,(H2,26,27,28,29);5-6H,1-4H3,(H,19,20,21);2-5,9H2,1H3;1H4. The molecule has 0 saturated carbocycles. The van der Waals surface area contributed by atoms with E-state index < -0.39 is 0 Å². The zero-order valence-corrected chi connectivity index (χ0v) is 41.3. The van der Waals surface area contributed by atoms with Crippen LogP contribution in [0.5, 0.6) is 11.5 Å². The van der Waals surface area contributed by atoms with Gasteiger partial charge in [-0.3, -0.25) is 9.36 Å². The maximum atomic E-state index is 6.33. The number of anilines is 3. The van der Waals surface area contributed by atoms with E-state index in [1.54, 1.807) is 18.9 Å². The number of nitrogens with one attached hydrogen (secondary N) is 3. The third-order valence-corrected chi connectivity index (χ3v) is 13.5. The maximum Gasteiger partial charge on any atom is 0.145 e. The van der Waals surface area contributed by atoms with Crippen molar-refractivity contribution in [3.05, 3.63) is 86.5 Å². The molecule has 2 aromatic carbocycles. The molecule has 0 unspecified atom stereocenters. The average Bonchev–Trinajstić information content (AvgIpc) is 4.17. The normalized spacial score (nSPS) is 13.1. The van der Waals surface area contributed by atoms with E-state index in [-0.39, 0.29) is 7.43 Å². The van der Waals surface area contributed by atoms with Crippen molar-refractivity contribution in [2.75, 3.05) is 25.3 Å². The monoisotopic (exact) mass is 966 g/mol. The molecular formula is C51H59ClN14O4. The van der Waals surface area contributed by atoms with Crippen LogP contribution in [-0.4, -0.2) is 74.0 Å². The Balaban J connectivity index is 0.000000146. The van der Waals surface area contributed by atoms with Crippen LogP contribution in [-0.2, 0) is 39.8 Å². The summed E-state index contributed by atoms with van der Waals surface area (Å²) < 4.78 is 25.8. The lowest BCUT2D eigenvalue weighted by Gasteiger charge is -2.13. The third-order valence-electron chi connectivity index (χ3n) is 13.2. The third kappa shape index (κ3) is 8.32. The fourth-order valence-corrected chi connectivity index (χ4v) is 10.3. The zero-order chi connectivity index (χ0) is 48.4. The molecule has 0 bridgehead atoms. The van der Waals surface area contributed by atoms with Crippen LogP contribution in [0.4, 0.5) is 17.5 Å². The minimum Gasteiger partial charge on any atom is -0.496 e. The number of nitrogen functional groups attached to an aromatic ring is 1. The van der Waals surface area contributed by atoms with Gasteiger partial charge in [0.25, 0.3) is 0 Å². The first-order valence-electron chi connectivity index (χ1n) is 23.1. The molecule has 0 fully saturated rings. The predicted octanol–water partition coefficient (Wildman–Crippen LogP) is 10.9. The summed E-state index contributed by atoms with van der Waals surface area (Å²) >= 11 is 6.33. The van der Waals surface area contributed by atoms with Gasteiger partial charge in [0.2, 0.25) is 0 Å². The molecule has 10 aromatic rings. The number of hydrogen-bond donors (Lipinski definition) is 4. The number of fused-ring (bicyclic) bond motifs is 8. The van der Waals surface area contributed by atoms with E-state index in [1.165, 1.54) is 48.2 Å². The number of aryl methyl sites for hydroxylation is 10. The summed E-state index contributed by atoms with van der Waals surface area (Å²) in [6.07, 6.45) is 9.19. The van der Waals surface area contributed by atoms with Gasteiger partial charge in [-0.25, -0.2) is 19.9 Å². The van der Waals surface area contributed by atoms with Crippen LogP contribution in [0, 0.1) is 41.5 Å². The largest absolute Gasteiger partial charge is 0.496 e. The lowest BCUT2D eigenvalue weighted by molar-refractivity contribution is 0.393. The Bertz CT molecular complexity index is 3570. The summed E-state index contributed by atoms with van der Waals surface area (Å²) in [4.78, 5) is 25.0. The quantitative estimate of drug-likeness (QED) is 0.114. The van der Waals surface area contributed by atoms with Crippen molar-refractivity contribution in [1.29, 1.82) is 0 Å². The van der Waals surface area contributed by atoms with Gasteiger partial charge in [-0.15, -0.1) is 0 Å². The number of rotatable bonds is 6. The summed E-state index contributed by atoms with van der Waals surface area (Å²) in [6.45, 7) is 11.4. The highest BCUT2D eigenvalue weighted by atomic mass is 35.5. The van der Waals surface area contributed by atoms with Gasteiger partial charge in [-0.2, -0.15) is 10.2 Å². The Morgan fingerprint density at radius 2 is 1.13 bits per heavy atom. The molecular weight excluding hydrogens is 908 g/mol. The SMILES string of the molecule is C.COc1cc2c(cc1-c1c(C)noc1C)[nH]c1nc(C)nc(Cl)c12.COc1cc2c(cc1-c1c(C)noc1C)[nH]c1nc(C)nc(Nc3c4c(nn3C)CCCC4)c12.Cn1nc2c(c1N)CCCC2. The van der Waals surface area contributed by atoms with Crippen molar-refractivity contribution < 1.29 is 18.5 Å². The number of nitrogens with zero attached hydrogens (tertiary/aromatic N) is 10. The molecule has 0 radical (unpaired) electrons. The Kier molecular flexibility index (Phi) is 12.8. The zero-order valence-electron chi connectivity index (χ0n) is 40.5. The molecule has 19 heteroatoms. The molecule has 364 valence electrons. The molecule has 18 nitrogen and oxygen atoms in total. The number of nitrogens with two attached hydrogens (primary N) is 1. The smallest absolute Gasteiger partial charge is 0.145 e. The number of benzene rings is 2. The van der Waals surface area contributed by atoms with Crippen LogP contribution >= 0.6 is 11.6 Å². The van der Waals surface area contributed by atoms with Crippen LogP contribution in [0.15, 0.2) is 33.3 Å². The van der Waals surface area contributed by atoms with Gasteiger partial charge in [0, 0.05) is 58.2 Å². The number of hydrogen-bond acceptors (Lipinski definition) is 14. The number of aromatic amines is 2. The van der Waals surface area contributed by atoms with Crippen molar-refractivity contribution in [3.63, 3.8) is 0 Å². The minimum atomic E-state index is 0. The second kappa shape index (κ2) is 18.8. The van der Waals surface area contributed by atoms with Crippen molar-refractivity contribution in [2.45, 2.75) is 100 Å². The number of methoxy groups -OCH3 is 2. The van der Waals surface area contributed by atoms with E-state index >= 15 is 0 Å². The Morgan fingerprint density at radius 3 is 1.66 bits per heavy atom. The number of aromatic nitrogens is 12. The van der Waals surface area contributed by atoms with Gasteiger partial charge in [-0.1, -0.05) is 29.3 Å². The molecule has 0 atom stereocenters. The summed E-state index contributed by atoms with van der Waals surface area (Å²) in [7, 11) is 7.22. The van der Waals surface area contributed by atoms with E-state index in [0.717, 1.165) is 138 Å². The molecule has 5 N–H and O–H groups in total. The van der Waals surface area contributed by atoms with Gasteiger partial charge in [-0.05, 0) is 117 Å². The summed E-state index contributed by atoms with van der Waals surface area (Å²) in [6, 6.07) is 8.07. The van der Waals surface area contributed by atoms with Crippen molar-refractivity contribution >= 4 is 72.9 Å². The molecule has 0 spiro atoms. The fraction of sp³-hybridized carbons (Fsp3) is 0.373. The molecule has 0 aliphatic heterocycles. The summed E-state index contributed by atoms with van der Waals surface area (Å²) in [5.74, 6) is 6.90. The van der Waals surface area contributed by atoms with Gasteiger partial charge < -0.3 is 39.5 Å². The molecule has 8 aromatic heterocycles. The molecule has 8 heterocycles. The van der Waals surface area contributed by atoms with Crippen LogP contribution in [0.2, 0.25) is 5.15 Å². The molecule has 2 aliphatic rings. The van der Waals surface area contributed by atoms with Gasteiger partial charge >= 0.3 is 0 Å². The molecule has 70 heavy (non-hydrogen) atoms. The topological polar surface area (TPSA) is 227 Å². The van der Waals surface area contributed by atoms with Crippen LogP contribution in [0.1, 0.15) is 90.2 Å². The first-order valence-corrected chi connectivity index (χ1v) is 23.5. The van der Waals surface area contributed by atoms with Crippen LogP contribution in [0.25, 0.3) is 66.1 Å². The van der Waals surface area contributed by atoms with E-state index in [1.807, 2.05) is 78.5 Å². The Morgan fingerprint density at radius 1 is 0.643 bits per heavy atom. The first kappa shape index (κ1) is 47.6. The molecule has 0 saturated heterocycles. The summed E-state index contributed by atoms with van der Waals surface area (Å²) in [5, 5.41) is 24.9. The van der Waals surface area contributed by atoms with E-state index in [4.69, 9.17) is 50.9 Å². The predicted molar refractivity (Wildman–Crippen MR) is 274 cm³/mol. The van der Waals surface area contributed by atoms with Crippen molar-refractivity contribution in [3.8, 4) is 33.8 Å². The summed E-state index contributed by atoms with van der Waals surface area (Å²) in [5.41, 5.74) is 19.5. The van der Waals surface area contributed by atoms with E-state index in [0.29, 0.717) is 22.4 Å². The number of halogens is 1. The van der Waals surface area contributed by atoms with Gasteiger partial charge in [0.05, 0.1) is 58.9 Å². The van der Waals surface area contributed by atoms with Crippen LogP contribution in [0.3, 0.4) is 0 Å². The maximum absolute atomic E-state index is 6.33. The number of H-pyrrole nitrogens is 2. The van der Waals surface area contributed by atoms with E-state index in [9.17, 15) is 0 Å². The number of ether oxygens (including phenoxy) is 2. The van der Waals surface area contributed by atoms with Gasteiger partial charge in [0.15, 0.2) is 0 Å². The Hall–Kier alpha value is -7.47. The fourth-order valence-electron chi connectivity index (χ4n) is 10.0. The second-order valence-corrected chi connectivity index (χ2v) is 18.2. The highest BCUT2D eigenvalue weighted by molar-refractivity contribution is 6.36. The first-order chi connectivity index (χ1) is 33.2. The van der Waals surface area contributed by atoms with Crippen molar-refractivity contribution in [2.24, 2.45) is 14.1 Å². The average molecular weight is 968 g/mol. The van der Waals surface area contributed by atoms with E-state index in [2.05, 4.69) is 46.7 Å². The Labute approximate surface area is 409 Å². The highest BCUT2D eigenvalue weighted by Crippen LogP contribution is 2.43. The molecule has 2 aliphatic carbocycles. The molecule has 0 amide bonds. The van der Waals surface area contributed by atoms with Crippen molar-refractivity contribution in [1.82, 2.24) is 59.8 Å². The van der Waals surface area contributed by atoms with Gasteiger partial charge in [0.1, 0.15) is 68.6 Å². The minimum absolute atomic E-state index is 0. The highest BCUT2D eigenvalue weighted by Gasteiger charge is 2.25.